The van der Waals surface area contributed by atoms with E-state index in [2.05, 4.69) is 15.9 Å². The van der Waals surface area contributed by atoms with E-state index in [9.17, 15) is 9.59 Å². The smallest absolute Gasteiger partial charge is 0.291 e. The van der Waals surface area contributed by atoms with E-state index in [0.29, 0.717) is 22.3 Å². The molecule has 3 heterocycles. The van der Waals surface area contributed by atoms with Gasteiger partial charge in [-0.15, -0.1) is 0 Å². The quantitative estimate of drug-likeness (QED) is 0.430. The second kappa shape index (κ2) is 6.74. The number of furan rings is 1. The minimum absolute atomic E-state index is 0.0999. The van der Waals surface area contributed by atoms with Crippen LogP contribution in [0, 0.1) is 6.92 Å². The molecule has 5 nitrogen and oxygen atoms in total. The Morgan fingerprint density at radius 1 is 1.07 bits per heavy atom. The van der Waals surface area contributed by atoms with Gasteiger partial charge in [-0.3, -0.25) is 9.59 Å². The molecule has 144 valence electrons. The lowest BCUT2D eigenvalue weighted by atomic mass is 9.98. The number of nitrogens with zero attached hydrogens (tertiary/aromatic N) is 1. The van der Waals surface area contributed by atoms with Crippen molar-refractivity contribution in [2.24, 2.45) is 0 Å². The Morgan fingerprint density at radius 2 is 1.93 bits per heavy atom. The number of hydrogen-bond donors (Lipinski definition) is 0. The van der Waals surface area contributed by atoms with Gasteiger partial charge in [0, 0.05) is 4.47 Å². The minimum Gasteiger partial charge on any atom is -0.467 e. The first-order chi connectivity index (χ1) is 14.0. The van der Waals surface area contributed by atoms with E-state index in [0.717, 1.165) is 15.6 Å². The van der Waals surface area contributed by atoms with Crippen molar-refractivity contribution in [3.05, 3.63) is 104 Å². The molecule has 0 saturated heterocycles. The zero-order valence-electron chi connectivity index (χ0n) is 15.5. The minimum atomic E-state index is -0.554. The first-order valence-electron chi connectivity index (χ1n) is 9.19. The number of hydrogen-bond acceptors (Lipinski definition) is 4. The van der Waals surface area contributed by atoms with E-state index in [4.69, 9.17) is 8.83 Å². The fourth-order valence-electron chi connectivity index (χ4n) is 3.89. The van der Waals surface area contributed by atoms with Gasteiger partial charge in [0.05, 0.1) is 29.8 Å². The number of fused-ring (bicyclic) bond motifs is 2. The topological polar surface area (TPSA) is 63.7 Å². The number of halogens is 1. The van der Waals surface area contributed by atoms with Crippen molar-refractivity contribution in [2.75, 3.05) is 0 Å². The lowest BCUT2D eigenvalue weighted by Crippen LogP contribution is -2.29. The van der Waals surface area contributed by atoms with Crippen LogP contribution in [-0.4, -0.2) is 10.8 Å². The standard InChI is InChI=1S/C23H16BrNO4/c1-13-7-8-18-17(10-13)21(26)19-20(14-4-2-5-15(24)11-14)25(23(27)22(19)29-18)12-16-6-3-9-28-16/h2-11,20H,12H2,1H3/t20-/m1/s1. The molecule has 0 bridgehead atoms. The SMILES string of the molecule is Cc1ccc2oc3c(c(=O)c2c1)[C@@H](c1cccc(Br)c1)N(Cc1ccco1)C3=O. The molecule has 5 rings (SSSR count). The summed E-state index contributed by atoms with van der Waals surface area (Å²) in [4.78, 5) is 28.4. The summed E-state index contributed by atoms with van der Waals surface area (Å²) in [5, 5.41) is 0.483. The van der Waals surface area contributed by atoms with Crippen LogP contribution in [0.25, 0.3) is 11.0 Å². The van der Waals surface area contributed by atoms with Crippen LogP contribution in [0.3, 0.4) is 0 Å². The van der Waals surface area contributed by atoms with Crippen molar-refractivity contribution in [2.45, 2.75) is 19.5 Å². The summed E-state index contributed by atoms with van der Waals surface area (Å²) in [5.41, 5.74) is 2.40. The molecule has 2 aromatic heterocycles. The monoisotopic (exact) mass is 449 g/mol. The molecule has 4 aromatic rings. The highest BCUT2D eigenvalue weighted by atomic mass is 79.9. The lowest BCUT2D eigenvalue weighted by Gasteiger charge is -2.24. The average Bonchev–Trinajstić information content (AvgIpc) is 3.31. The molecule has 1 atom stereocenters. The van der Waals surface area contributed by atoms with Crippen LogP contribution in [0.1, 0.15) is 39.0 Å². The van der Waals surface area contributed by atoms with Crippen LogP contribution < -0.4 is 5.43 Å². The number of carbonyl (C=O) groups excluding carboxylic acids is 1. The third-order valence-corrected chi connectivity index (χ3v) is 5.69. The first kappa shape index (κ1) is 17.9. The molecule has 0 radical (unpaired) electrons. The van der Waals surface area contributed by atoms with E-state index in [-0.39, 0.29) is 23.6 Å². The Morgan fingerprint density at radius 3 is 2.69 bits per heavy atom. The van der Waals surface area contributed by atoms with Gasteiger partial charge in [-0.1, -0.05) is 39.7 Å². The Kier molecular flexibility index (Phi) is 4.17. The summed E-state index contributed by atoms with van der Waals surface area (Å²) < 4.78 is 12.3. The maximum absolute atomic E-state index is 13.5. The van der Waals surface area contributed by atoms with Crippen LogP contribution in [0.15, 0.2) is 79.0 Å². The third-order valence-electron chi connectivity index (χ3n) is 5.19. The molecule has 1 aliphatic heterocycles. The Balaban J connectivity index is 1.77. The molecule has 6 heteroatoms. The van der Waals surface area contributed by atoms with Gasteiger partial charge in [-0.2, -0.15) is 0 Å². The van der Waals surface area contributed by atoms with Gasteiger partial charge in [0.1, 0.15) is 11.3 Å². The maximum Gasteiger partial charge on any atom is 0.291 e. The van der Waals surface area contributed by atoms with Crippen LogP contribution in [0.5, 0.6) is 0 Å². The molecule has 0 saturated carbocycles. The number of amides is 1. The molecular weight excluding hydrogens is 434 g/mol. The van der Waals surface area contributed by atoms with Crippen molar-refractivity contribution in [3.8, 4) is 0 Å². The largest absolute Gasteiger partial charge is 0.467 e. The first-order valence-corrected chi connectivity index (χ1v) is 9.98. The summed E-state index contributed by atoms with van der Waals surface area (Å²) in [5.74, 6) is 0.419. The molecule has 2 aromatic carbocycles. The molecule has 0 unspecified atom stereocenters. The van der Waals surface area contributed by atoms with E-state index >= 15 is 0 Å². The molecule has 0 N–H and O–H groups in total. The second-order valence-corrected chi connectivity index (χ2v) is 8.06. The van der Waals surface area contributed by atoms with Crippen LogP contribution in [-0.2, 0) is 6.54 Å². The predicted octanol–water partition coefficient (Wildman–Crippen LogP) is 5.20. The zero-order chi connectivity index (χ0) is 20.1. The van der Waals surface area contributed by atoms with Gasteiger partial charge >= 0.3 is 0 Å². The number of rotatable bonds is 3. The highest BCUT2D eigenvalue weighted by Gasteiger charge is 2.43. The Bertz CT molecular complexity index is 1310. The molecule has 1 amide bonds. The highest BCUT2D eigenvalue weighted by molar-refractivity contribution is 9.10. The van der Waals surface area contributed by atoms with E-state index in [1.807, 2.05) is 43.3 Å². The summed E-state index contributed by atoms with van der Waals surface area (Å²) in [6.45, 7) is 2.16. The van der Waals surface area contributed by atoms with Crippen molar-refractivity contribution in [1.82, 2.24) is 4.90 Å². The van der Waals surface area contributed by atoms with E-state index in [1.165, 1.54) is 0 Å². The Hall–Kier alpha value is -3.12. The van der Waals surface area contributed by atoms with Crippen molar-refractivity contribution < 1.29 is 13.6 Å². The fraction of sp³-hybridized carbons (Fsp3) is 0.130. The molecule has 0 fully saturated rings. The zero-order valence-corrected chi connectivity index (χ0v) is 17.1. The van der Waals surface area contributed by atoms with Crippen molar-refractivity contribution in [1.29, 1.82) is 0 Å². The van der Waals surface area contributed by atoms with Gasteiger partial charge in [0.2, 0.25) is 5.76 Å². The van der Waals surface area contributed by atoms with Crippen LogP contribution >= 0.6 is 15.9 Å². The predicted molar refractivity (Wildman–Crippen MR) is 112 cm³/mol. The van der Waals surface area contributed by atoms with Gasteiger partial charge in [0.25, 0.3) is 5.91 Å². The van der Waals surface area contributed by atoms with Gasteiger partial charge < -0.3 is 13.7 Å². The second-order valence-electron chi connectivity index (χ2n) is 7.14. The van der Waals surface area contributed by atoms with Gasteiger partial charge in [-0.25, -0.2) is 0 Å². The van der Waals surface area contributed by atoms with E-state index in [1.54, 1.807) is 29.4 Å². The third kappa shape index (κ3) is 2.91. The highest BCUT2D eigenvalue weighted by Crippen LogP contribution is 2.39. The van der Waals surface area contributed by atoms with Crippen molar-refractivity contribution >= 4 is 32.8 Å². The Labute approximate surface area is 174 Å². The molecular formula is C23H16BrNO4. The number of carbonyl (C=O) groups is 1. The summed E-state index contributed by atoms with van der Waals surface area (Å²) in [6.07, 6.45) is 1.57. The molecule has 29 heavy (non-hydrogen) atoms. The van der Waals surface area contributed by atoms with Gasteiger partial charge in [0.15, 0.2) is 5.43 Å². The number of benzene rings is 2. The van der Waals surface area contributed by atoms with Crippen LogP contribution in [0.2, 0.25) is 0 Å². The molecule has 0 spiro atoms. The maximum atomic E-state index is 13.5. The average molecular weight is 450 g/mol. The summed E-state index contributed by atoms with van der Waals surface area (Å²) in [7, 11) is 0. The normalized spacial score (nSPS) is 15.9. The van der Waals surface area contributed by atoms with E-state index < -0.39 is 6.04 Å². The summed E-state index contributed by atoms with van der Waals surface area (Å²) >= 11 is 3.49. The van der Waals surface area contributed by atoms with Crippen molar-refractivity contribution in [3.63, 3.8) is 0 Å². The molecule has 0 aliphatic carbocycles. The summed E-state index contributed by atoms with van der Waals surface area (Å²) in [6, 6.07) is 16.1. The fourth-order valence-corrected chi connectivity index (χ4v) is 4.31. The lowest BCUT2D eigenvalue weighted by molar-refractivity contribution is 0.0701. The number of aryl methyl sites for hydroxylation is 1. The van der Waals surface area contributed by atoms with Crippen LogP contribution in [0.4, 0.5) is 0 Å². The molecule has 1 aliphatic rings. The van der Waals surface area contributed by atoms with Gasteiger partial charge in [-0.05, 0) is 48.9 Å².